The first-order valence-corrected chi connectivity index (χ1v) is 8.83. The third-order valence-corrected chi connectivity index (χ3v) is 3.90. The molecule has 0 aliphatic rings. The number of hydrogen-bond acceptors (Lipinski definition) is 5. The second-order valence-corrected chi connectivity index (χ2v) is 5.96. The first-order chi connectivity index (χ1) is 13.2. The number of rotatable bonds is 8. The number of benzene rings is 2. The molecule has 0 aliphatic heterocycles. The van der Waals surface area contributed by atoms with Crippen LogP contribution in [0.2, 0.25) is 0 Å². The molecule has 6 heteroatoms. The van der Waals surface area contributed by atoms with Crippen molar-refractivity contribution in [2.24, 2.45) is 0 Å². The van der Waals surface area contributed by atoms with E-state index in [4.69, 9.17) is 9.47 Å². The maximum atomic E-state index is 12.1. The summed E-state index contributed by atoms with van der Waals surface area (Å²) in [5.41, 5.74) is 1.85. The minimum atomic E-state index is -0.789. The first kappa shape index (κ1) is 18.7. The molecule has 0 bridgehead atoms. The number of nitrogens with zero attached hydrogens (tertiary/aromatic N) is 2. The normalized spacial score (nSPS) is 11.8. The van der Waals surface area contributed by atoms with Crippen LogP contribution in [0.1, 0.15) is 17.4 Å². The molecule has 0 radical (unpaired) electrons. The lowest BCUT2D eigenvalue weighted by atomic mass is 10.1. The summed E-state index contributed by atoms with van der Waals surface area (Å²) in [6.07, 6.45) is -0.789. The number of carbonyl (C=O) groups excluding carboxylic acids is 1. The predicted molar refractivity (Wildman–Crippen MR) is 102 cm³/mol. The van der Waals surface area contributed by atoms with Crippen molar-refractivity contribution in [3.05, 3.63) is 72.4 Å². The van der Waals surface area contributed by atoms with Crippen LogP contribution in [-0.2, 0) is 11.3 Å². The molecule has 2 aromatic carbocycles. The summed E-state index contributed by atoms with van der Waals surface area (Å²) in [7, 11) is 0. The summed E-state index contributed by atoms with van der Waals surface area (Å²) in [6, 6.07) is 20.6. The number of ether oxygens (including phenoxy) is 2. The van der Waals surface area contributed by atoms with E-state index in [1.54, 1.807) is 17.7 Å². The summed E-state index contributed by atoms with van der Waals surface area (Å²) >= 11 is 0. The summed E-state index contributed by atoms with van der Waals surface area (Å²) in [5.74, 6) is 0.205. The van der Waals surface area contributed by atoms with Gasteiger partial charge in [0, 0.05) is 0 Å². The number of esters is 1. The fourth-order valence-electron chi connectivity index (χ4n) is 2.66. The van der Waals surface area contributed by atoms with Gasteiger partial charge in [-0.2, -0.15) is 5.10 Å². The summed E-state index contributed by atoms with van der Waals surface area (Å²) in [6.45, 7) is 2.33. The van der Waals surface area contributed by atoms with Crippen LogP contribution in [0, 0.1) is 0 Å². The molecule has 1 atom stereocenters. The van der Waals surface area contributed by atoms with Gasteiger partial charge in [-0.25, -0.2) is 4.79 Å². The van der Waals surface area contributed by atoms with Crippen molar-refractivity contribution in [3.63, 3.8) is 0 Å². The zero-order valence-electron chi connectivity index (χ0n) is 15.1. The lowest BCUT2D eigenvalue weighted by Gasteiger charge is -2.14. The fraction of sp³-hybridized carbons (Fsp3) is 0.238. The van der Waals surface area contributed by atoms with Gasteiger partial charge in [-0.1, -0.05) is 48.5 Å². The molecule has 1 unspecified atom stereocenters. The number of hydrogen-bond donors (Lipinski definition) is 1. The van der Waals surface area contributed by atoms with E-state index in [0.29, 0.717) is 5.75 Å². The summed E-state index contributed by atoms with van der Waals surface area (Å²) < 4.78 is 12.2. The SMILES string of the molecule is CCOC(=O)c1cc(-c2ccccc2)n(CC(O)COc2ccccc2)n1. The van der Waals surface area contributed by atoms with Gasteiger partial charge in [-0.05, 0) is 30.7 Å². The summed E-state index contributed by atoms with van der Waals surface area (Å²) in [5, 5.41) is 14.7. The van der Waals surface area contributed by atoms with Gasteiger partial charge in [-0.3, -0.25) is 4.68 Å². The number of carbonyl (C=O) groups is 1. The molecule has 0 saturated heterocycles. The van der Waals surface area contributed by atoms with Crippen molar-refractivity contribution in [2.45, 2.75) is 19.6 Å². The van der Waals surface area contributed by atoms with E-state index < -0.39 is 12.1 Å². The first-order valence-electron chi connectivity index (χ1n) is 8.83. The Morgan fingerprint density at radius 2 is 1.78 bits per heavy atom. The van der Waals surface area contributed by atoms with Gasteiger partial charge in [0.2, 0.25) is 0 Å². The van der Waals surface area contributed by atoms with Gasteiger partial charge < -0.3 is 14.6 Å². The largest absolute Gasteiger partial charge is 0.491 e. The molecule has 1 N–H and O–H groups in total. The predicted octanol–water partition coefficient (Wildman–Crippen LogP) is 3.17. The van der Waals surface area contributed by atoms with Gasteiger partial charge in [0.1, 0.15) is 18.5 Å². The highest BCUT2D eigenvalue weighted by atomic mass is 16.5. The van der Waals surface area contributed by atoms with E-state index in [1.807, 2.05) is 60.7 Å². The molecule has 140 valence electrons. The Morgan fingerprint density at radius 1 is 1.11 bits per heavy atom. The van der Waals surface area contributed by atoms with Gasteiger partial charge in [0.25, 0.3) is 0 Å². The molecule has 3 aromatic rings. The molecule has 1 aromatic heterocycles. The number of aliphatic hydroxyl groups excluding tert-OH is 1. The Labute approximate surface area is 158 Å². The van der Waals surface area contributed by atoms with Crippen molar-refractivity contribution < 1.29 is 19.4 Å². The monoisotopic (exact) mass is 366 g/mol. The molecule has 27 heavy (non-hydrogen) atoms. The maximum Gasteiger partial charge on any atom is 0.358 e. The lowest BCUT2D eigenvalue weighted by molar-refractivity contribution is 0.0515. The van der Waals surface area contributed by atoms with Gasteiger partial charge in [0.05, 0.1) is 18.8 Å². The zero-order chi connectivity index (χ0) is 19.1. The highest BCUT2D eigenvalue weighted by Crippen LogP contribution is 2.21. The van der Waals surface area contributed by atoms with Crippen LogP contribution in [0.5, 0.6) is 5.75 Å². The van der Waals surface area contributed by atoms with E-state index in [1.165, 1.54) is 0 Å². The average Bonchev–Trinajstić information content (AvgIpc) is 3.12. The number of para-hydroxylation sites is 1. The van der Waals surface area contributed by atoms with Crippen LogP contribution in [0.15, 0.2) is 66.7 Å². The molecule has 6 nitrogen and oxygen atoms in total. The Balaban J connectivity index is 1.77. The van der Waals surface area contributed by atoms with Crippen LogP contribution in [0.25, 0.3) is 11.3 Å². The molecule has 0 amide bonds. The van der Waals surface area contributed by atoms with Crippen molar-refractivity contribution in [1.82, 2.24) is 9.78 Å². The van der Waals surface area contributed by atoms with Crippen LogP contribution in [0.3, 0.4) is 0 Å². The van der Waals surface area contributed by atoms with E-state index in [0.717, 1.165) is 11.3 Å². The Hall–Kier alpha value is -3.12. The Bertz CT molecular complexity index is 862. The van der Waals surface area contributed by atoms with Gasteiger partial charge >= 0.3 is 5.97 Å². The van der Waals surface area contributed by atoms with Crippen LogP contribution in [-0.4, -0.2) is 40.2 Å². The molecule has 3 rings (SSSR count). The molecule has 0 fully saturated rings. The van der Waals surface area contributed by atoms with Crippen LogP contribution >= 0.6 is 0 Å². The topological polar surface area (TPSA) is 73.6 Å². The highest BCUT2D eigenvalue weighted by molar-refractivity contribution is 5.88. The molecular weight excluding hydrogens is 344 g/mol. The number of aliphatic hydroxyl groups is 1. The van der Waals surface area contributed by atoms with Crippen molar-refractivity contribution in [3.8, 4) is 17.0 Å². The van der Waals surface area contributed by atoms with Crippen LogP contribution < -0.4 is 4.74 Å². The third-order valence-electron chi connectivity index (χ3n) is 3.90. The standard InChI is InChI=1S/C21H22N2O4/c1-2-26-21(25)19-13-20(16-9-5-3-6-10-16)23(22-19)14-17(24)15-27-18-11-7-4-8-12-18/h3-13,17,24H,2,14-15H2,1H3. The zero-order valence-corrected chi connectivity index (χ0v) is 15.1. The molecule has 0 saturated carbocycles. The van der Waals surface area contributed by atoms with E-state index >= 15 is 0 Å². The van der Waals surface area contributed by atoms with E-state index in [9.17, 15) is 9.90 Å². The minimum Gasteiger partial charge on any atom is -0.491 e. The summed E-state index contributed by atoms with van der Waals surface area (Å²) in [4.78, 5) is 12.1. The van der Waals surface area contributed by atoms with E-state index in [2.05, 4.69) is 5.10 Å². The second kappa shape index (κ2) is 9.00. The maximum absolute atomic E-state index is 12.1. The van der Waals surface area contributed by atoms with Crippen molar-refractivity contribution in [1.29, 1.82) is 0 Å². The highest BCUT2D eigenvalue weighted by Gasteiger charge is 2.18. The molecular formula is C21H22N2O4. The van der Waals surface area contributed by atoms with Gasteiger partial charge in [0.15, 0.2) is 5.69 Å². The quantitative estimate of drug-likeness (QED) is 0.620. The molecule has 1 heterocycles. The minimum absolute atomic E-state index is 0.118. The lowest BCUT2D eigenvalue weighted by Crippen LogP contribution is -2.24. The van der Waals surface area contributed by atoms with Crippen LogP contribution in [0.4, 0.5) is 0 Å². The second-order valence-electron chi connectivity index (χ2n) is 5.96. The smallest absolute Gasteiger partial charge is 0.358 e. The molecule has 0 spiro atoms. The van der Waals surface area contributed by atoms with E-state index in [-0.39, 0.29) is 25.5 Å². The Kier molecular flexibility index (Phi) is 6.22. The Morgan fingerprint density at radius 3 is 2.44 bits per heavy atom. The molecule has 0 aliphatic carbocycles. The van der Waals surface area contributed by atoms with Crippen molar-refractivity contribution >= 4 is 5.97 Å². The third kappa shape index (κ3) is 4.95. The van der Waals surface area contributed by atoms with Crippen molar-refractivity contribution in [2.75, 3.05) is 13.2 Å². The van der Waals surface area contributed by atoms with Gasteiger partial charge in [-0.15, -0.1) is 0 Å². The number of aromatic nitrogens is 2. The average molecular weight is 366 g/mol. The fourth-order valence-corrected chi connectivity index (χ4v) is 2.66.